The molecule has 0 fully saturated rings. The second-order valence-corrected chi connectivity index (χ2v) is 7.24. The number of carbonyl (C=O) groups is 1. The standard InChI is InChI=1S/C16H14F4N2O3S/c1-26(24,25)22(11-4-2-3-10(17)9-11)8-7-14(23)21-13-6-5-12(18)15(19)16(13)20/h2-6,9H,7-8H2,1H3,(H,21,23). The molecule has 10 heteroatoms. The van der Waals surface area contributed by atoms with Gasteiger partial charge in [0.2, 0.25) is 15.9 Å². The molecule has 0 bridgehead atoms. The number of anilines is 2. The number of hydrogen-bond acceptors (Lipinski definition) is 3. The molecular weight excluding hydrogens is 376 g/mol. The molecule has 2 aromatic carbocycles. The normalized spacial score (nSPS) is 11.3. The van der Waals surface area contributed by atoms with E-state index in [-0.39, 0.29) is 12.2 Å². The molecule has 1 amide bonds. The zero-order chi connectivity index (χ0) is 19.5. The van der Waals surface area contributed by atoms with Crippen LogP contribution in [0.2, 0.25) is 0 Å². The average molecular weight is 390 g/mol. The summed E-state index contributed by atoms with van der Waals surface area (Å²) in [6.45, 7) is -0.362. The maximum absolute atomic E-state index is 13.5. The van der Waals surface area contributed by atoms with E-state index in [9.17, 15) is 30.8 Å². The van der Waals surface area contributed by atoms with E-state index in [1.807, 2.05) is 5.32 Å². The highest BCUT2D eigenvalue weighted by atomic mass is 32.2. The second-order valence-electron chi connectivity index (χ2n) is 5.34. The van der Waals surface area contributed by atoms with Gasteiger partial charge in [-0.05, 0) is 30.3 Å². The van der Waals surface area contributed by atoms with E-state index in [0.29, 0.717) is 6.07 Å². The average Bonchev–Trinajstić information content (AvgIpc) is 2.54. The Morgan fingerprint density at radius 2 is 1.77 bits per heavy atom. The number of sulfonamides is 1. The zero-order valence-corrected chi connectivity index (χ0v) is 14.3. The van der Waals surface area contributed by atoms with Gasteiger partial charge in [0.05, 0.1) is 17.6 Å². The lowest BCUT2D eigenvalue weighted by molar-refractivity contribution is -0.116. The van der Waals surface area contributed by atoms with Crippen LogP contribution in [-0.2, 0) is 14.8 Å². The number of nitrogens with one attached hydrogen (secondary N) is 1. The van der Waals surface area contributed by atoms with Crippen molar-refractivity contribution in [1.82, 2.24) is 0 Å². The van der Waals surface area contributed by atoms with E-state index in [2.05, 4.69) is 0 Å². The Morgan fingerprint density at radius 1 is 1.08 bits per heavy atom. The molecule has 2 aromatic rings. The molecule has 140 valence electrons. The summed E-state index contributed by atoms with van der Waals surface area (Å²) in [5.41, 5.74) is -0.565. The molecule has 0 aliphatic carbocycles. The van der Waals surface area contributed by atoms with E-state index in [0.717, 1.165) is 28.8 Å². The van der Waals surface area contributed by atoms with Gasteiger partial charge in [0, 0.05) is 13.0 Å². The maximum atomic E-state index is 13.5. The number of rotatable bonds is 6. The number of halogens is 4. The molecule has 0 aliphatic rings. The Bertz CT molecular complexity index is 935. The lowest BCUT2D eigenvalue weighted by atomic mass is 10.2. The molecule has 0 aliphatic heterocycles. The molecule has 0 heterocycles. The highest BCUT2D eigenvalue weighted by Crippen LogP contribution is 2.21. The van der Waals surface area contributed by atoms with Gasteiger partial charge in [-0.15, -0.1) is 0 Å². The van der Waals surface area contributed by atoms with Crippen molar-refractivity contribution in [1.29, 1.82) is 0 Å². The highest BCUT2D eigenvalue weighted by Gasteiger charge is 2.20. The molecule has 0 radical (unpaired) electrons. The van der Waals surface area contributed by atoms with E-state index >= 15 is 0 Å². The van der Waals surface area contributed by atoms with Crippen LogP contribution in [-0.4, -0.2) is 27.1 Å². The first-order valence-corrected chi connectivity index (χ1v) is 9.11. The molecule has 0 saturated carbocycles. The fourth-order valence-electron chi connectivity index (χ4n) is 2.16. The molecule has 26 heavy (non-hydrogen) atoms. The molecule has 0 spiro atoms. The Kier molecular flexibility index (Phi) is 5.86. The Labute approximate surface area is 147 Å². The molecular formula is C16H14F4N2O3S. The predicted octanol–water partition coefficient (Wildman–Crippen LogP) is 3.04. The van der Waals surface area contributed by atoms with Crippen LogP contribution in [0.1, 0.15) is 6.42 Å². The van der Waals surface area contributed by atoms with Crippen LogP contribution in [0.25, 0.3) is 0 Å². The molecule has 1 N–H and O–H groups in total. The molecule has 0 aromatic heterocycles. The largest absolute Gasteiger partial charge is 0.323 e. The minimum absolute atomic E-state index is 0.0132. The van der Waals surface area contributed by atoms with Crippen LogP contribution in [0, 0.1) is 23.3 Å². The van der Waals surface area contributed by atoms with Crippen molar-refractivity contribution in [2.75, 3.05) is 22.4 Å². The van der Waals surface area contributed by atoms with Gasteiger partial charge in [-0.2, -0.15) is 0 Å². The van der Waals surface area contributed by atoms with Gasteiger partial charge < -0.3 is 5.32 Å². The van der Waals surface area contributed by atoms with Gasteiger partial charge in [-0.25, -0.2) is 26.0 Å². The number of nitrogens with zero attached hydrogens (tertiary/aromatic N) is 1. The lowest BCUT2D eigenvalue weighted by Gasteiger charge is -2.22. The van der Waals surface area contributed by atoms with Crippen LogP contribution in [0.15, 0.2) is 36.4 Å². The van der Waals surface area contributed by atoms with Gasteiger partial charge in [-0.1, -0.05) is 6.07 Å². The number of carbonyl (C=O) groups excluding carboxylic acids is 1. The molecule has 2 rings (SSSR count). The van der Waals surface area contributed by atoms with E-state index in [4.69, 9.17) is 0 Å². The maximum Gasteiger partial charge on any atom is 0.232 e. The minimum atomic E-state index is -3.82. The van der Waals surface area contributed by atoms with Gasteiger partial charge >= 0.3 is 0 Å². The third kappa shape index (κ3) is 4.72. The van der Waals surface area contributed by atoms with E-state index < -0.39 is 51.3 Å². The van der Waals surface area contributed by atoms with Crippen molar-refractivity contribution in [2.45, 2.75) is 6.42 Å². The first-order chi connectivity index (χ1) is 12.1. The van der Waals surface area contributed by atoms with Gasteiger partial charge in [0.1, 0.15) is 5.82 Å². The quantitative estimate of drug-likeness (QED) is 0.609. The monoisotopic (exact) mass is 390 g/mol. The Hall–Kier alpha value is -2.62. The molecule has 0 unspecified atom stereocenters. The van der Waals surface area contributed by atoms with Crippen molar-refractivity contribution >= 4 is 27.3 Å². The first kappa shape index (κ1) is 19.7. The highest BCUT2D eigenvalue weighted by molar-refractivity contribution is 7.92. The molecule has 0 saturated heterocycles. The van der Waals surface area contributed by atoms with Gasteiger partial charge in [0.25, 0.3) is 0 Å². The first-order valence-electron chi connectivity index (χ1n) is 7.26. The van der Waals surface area contributed by atoms with Crippen LogP contribution >= 0.6 is 0 Å². The van der Waals surface area contributed by atoms with Crippen molar-refractivity contribution in [2.24, 2.45) is 0 Å². The van der Waals surface area contributed by atoms with Crippen molar-refractivity contribution in [3.8, 4) is 0 Å². The number of amides is 1. The summed E-state index contributed by atoms with van der Waals surface area (Å²) < 4.78 is 77.4. The second kappa shape index (κ2) is 7.73. The van der Waals surface area contributed by atoms with Crippen molar-refractivity contribution in [3.05, 3.63) is 59.7 Å². The summed E-state index contributed by atoms with van der Waals surface area (Å²) in [4.78, 5) is 11.9. The third-order valence-corrected chi connectivity index (χ3v) is 4.54. The lowest BCUT2D eigenvalue weighted by Crippen LogP contribution is -2.33. The zero-order valence-electron chi connectivity index (χ0n) is 13.5. The minimum Gasteiger partial charge on any atom is -0.323 e. The van der Waals surface area contributed by atoms with Gasteiger partial charge in [0.15, 0.2) is 17.5 Å². The summed E-state index contributed by atoms with van der Waals surface area (Å²) in [6, 6.07) is 6.24. The number of hydrogen-bond donors (Lipinski definition) is 1. The molecule has 0 atom stereocenters. The van der Waals surface area contributed by atoms with E-state index in [1.54, 1.807) is 0 Å². The smallest absolute Gasteiger partial charge is 0.232 e. The van der Waals surface area contributed by atoms with Crippen LogP contribution < -0.4 is 9.62 Å². The van der Waals surface area contributed by atoms with Crippen LogP contribution in [0.4, 0.5) is 28.9 Å². The SMILES string of the molecule is CS(=O)(=O)N(CCC(=O)Nc1ccc(F)c(F)c1F)c1cccc(F)c1. The predicted molar refractivity (Wildman–Crippen MR) is 88.2 cm³/mol. The van der Waals surface area contributed by atoms with Crippen molar-refractivity contribution < 1.29 is 30.8 Å². The summed E-state index contributed by atoms with van der Waals surface area (Å²) in [7, 11) is -3.82. The molecule has 5 nitrogen and oxygen atoms in total. The van der Waals surface area contributed by atoms with Gasteiger partial charge in [-0.3, -0.25) is 9.10 Å². The third-order valence-electron chi connectivity index (χ3n) is 3.35. The van der Waals surface area contributed by atoms with Crippen LogP contribution in [0.3, 0.4) is 0 Å². The van der Waals surface area contributed by atoms with Crippen molar-refractivity contribution in [3.63, 3.8) is 0 Å². The summed E-state index contributed by atoms with van der Waals surface area (Å²) in [6.07, 6.45) is 0.451. The Balaban J connectivity index is 2.12. The summed E-state index contributed by atoms with van der Waals surface area (Å²) >= 11 is 0. The van der Waals surface area contributed by atoms with E-state index in [1.165, 1.54) is 12.1 Å². The summed E-state index contributed by atoms with van der Waals surface area (Å²) in [5.74, 6) is -6.21. The Morgan fingerprint density at radius 3 is 2.38 bits per heavy atom. The van der Waals surface area contributed by atoms with Crippen LogP contribution in [0.5, 0.6) is 0 Å². The topological polar surface area (TPSA) is 66.5 Å². The fraction of sp³-hybridized carbons (Fsp3) is 0.188. The fourth-order valence-corrected chi connectivity index (χ4v) is 3.08. The number of benzene rings is 2. The summed E-state index contributed by atoms with van der Waals surface area (Å²) in [5, 5.41) is 2.03.